The molecular formula is C10H8N2O4. The Morgan fingerprint density at radius 3 is 2.75 bits per heavy atom. The molecule has 2 aromatic rings. The number of nitrogens with zero attached hydrogens (tertiary/aromatic N) is 2. The van der Waals surface area contributed by atoms with Gasteiger partial charge in [-0.3, -0.25) is 0 Å². The van der Waals surface area contributed by atoms with Gasteiger partial charge in [-0.05, 0) is 18.2 Å². The maximum atomic E-state index is 10.5. The van der Waals surface area contributed by atoms with Crippen LogP contribution < -0.4 is 4.74 Å². The highest BCUT2D eigenvalue weighted by Crippen LogP contribution is 2.10. The van der Waals surface area contributed by atoms with Crippen LogP contribution in [0, 0.1) is 0 Å². The van der Waals surface area contributed by atoms with E-state index in [1.807, 2.05) is 0 Å². The van der Waals surface area contributed by atoms with Crippen molar-refractivity contribution in [1.82, 2.24) is 9.97 Å². The number of ether oxygens (including phenoxy) is 1. The van der Waals surface area contributed by atoms with Crippen LogP contribution in [0.4, 0.5) is 0 Å². The number of hydrogen-bond acceptors (Lipinski definition) is 5. The van der Waals surface area contributed by atoms with Gasteiger partial charge >= 0.3 is 12.0 Å². The summed E-state index contributed by atoms with van der Waals surface area (Å²) >= 11 is 0. The van der Waals surface area contributed by atoms with Crippen LogP contribution >= 0.6 is 0 Å². The predicted molar refractivity (Wildman–Crippen MR) is 52.0 cm³/mol. The van der Waals surface area contributed by atoms with Crippen LogP contribution in [0.1, 0.15) is 16.3 Å². The maximum Gasteiger partial charge on any atom is 0.371 e. The molecule has 1 N–H and O–H groups in total. The third-order valence-electron chi connectivity index (χ3n) is 1.76. The zero-order chi connectivity index (χ0) is 11.4. The fraction of sp³-hybridized carbons (Fsp3) is 0.100. The summed E-state index contributed by atoms with van der Waals surface area (Å²) in [6.45, 7) is 0.0945. The van der Waals surface area contributed by atoms with Gasteiger partial charge in [0.2, 0.25) is 5.76 Å². The van der Waals surface area contributed by atoms with E-state index in [0.29, 0.717) is 5.76 Å². The Balaban J connectivity index is 1.97. The molecule has 0 saturated carbocycles. The Morgan fingerprint density at radius 2 is 2.12 bits per heavy atom. The maximum absolute atomic E-state index is 10.5. The Morgan fingerprint density at radius 1 is 1.38 bits per heavy atom. The summed E-state index contributed by atoms with van der Waals surface area (Å²) in [5.74, 6) is -0.820. The molecule has 0 unspecified atom stereocenters. The Labute approximate surface area is 90.5 Å². The summed E-state index contributed by atoms with van der Waals surface area (Å²) in [6.07, 6.45) is 3.10. The Bertz CT molecular complexity index is 481. The molecule has 0 radical (unpaired) electrons. The van der Waals surface area contributed by atoms with Crippen molar-refractivity contribution in [2.24, 2.45) is 0 Å². The molecule has 0 bridgehead atoms. The lowest BCUT2D eigenvalue weighted by atomic mass is 10.4. The quantitative estimate of drug-likeness (QED) is 0.836. The minimum Gasteiger partial charge on any atom is -0.475 e. The van der Waals surface area contributed by atoms with Crippen molar-refractivity contribution in [3.8, 4) is 6.01 Å². The summed E-state index contributed by atoms with van der Waals surface area (Å²) in [4.78, 5) is 18.2. The molecular weight excluding hydrogens is 212 g/mol. The van der Waals surface area contributed by atoms with Crippen LogP contribution in [0.3, 0.4) is 0 Å². The molecule has 0 amide bonds. The molecule has 82 valence electrons. The summed E-state index contributed by atoms with van der Waals surface area (Å²) in [5, 5.41) is 8.62. The zero-order valence-electron chi connectivity index (χ0n) is 8.16. The summed E-state index contributed by atoms with van der Waals surface area (Å²) in [7, 11) is 0. The minimum atomic E-state index is -1.11. The van der Waals surface area contributed by atoms with Gasteiger partial charge in [-0.25, -0.2) is 14.8 Å². The van der Waals surface area contributed by atoms with E-state index in [4.69, 9.17) is 14.3 Å². The van der Waals surface area contributed by atoms with Crippen molar-refractivity contribution in [1.29, 1.82) is 0 Å². The number of furan rings is 1. The number of rotatable bonds is 4. The summed E-state index contributed by atoms with van der Waals surface area (Å²) < 4.78 is 10.2. The van der Waals surface area contributed by atoms with Crippen molar-refractivity contribution in [2.75, 3.05) is 0 Å². The van der Waals surface area contributed by atoms with Crippen molar-refractivity contribution >= 4 is 5.97 Å². The monoisotopic (exact) mass is 220 g/mol. The van der Waals surface area contributed by atoms with Crippen molar-refractivity contribution in [3.05, 3.63) is 42.1 Å². The van der Waals surface area contributed by atoms with Gasteiger partial charge in [-0.15, -0.1) is 0 Å². The highest BCUT2D eigenvalue weighted by atomic mass is 16.5. The molecule has 0 aromatic carbocycles. The lowest BCUT2D eigenvalue weighted by Gasteiger charge is -1.99. The minimum absolute atomic E-state index is 0.0945. The van der Waals surface area contributed by atoms with Gasteiger partial charge in [0.05, 0.1) is 0 Å². The molecule has 0 saturated heterocycles. The lowest BCUT2D eigenvalue weighted by Crippen LogP contribution is -1.98. The topological polar surface area (TPSA) is 85.5 Å². The van der Waals surface area contributed by atoms with E-state index in [2.05, 4.69) is 9.97 Å². The summed E-state index contributed by atoms with van der Waals surface area (Å²) in [5.41, 5.74) is 0. The van der Waals surface area contributed by atoms with Gasteiger partial charge in [-0.2, -0.15) is 0 Å². The fourth-order valence-electron chi connectivity index (χ4n) is 1.07. The average molecular weight is 220 g/mol. The second-order valence-electron chi connectivity index (χ2n) is 2.89. The molecule has 2 aromatic heterocycles. The van der Waals surface area contributed by atoms with Gasteiger partial charge in [-0.1, -0.05) is 0 Å². The molecule has 0 atom stereocenters. The van der Waals surface area contributed by atoms with Crippen molar-refractivity contribution < 1.29 is 19.1 Å². The van der Waals surface area contributed by atoms with Crippen molar-refractivity contribution in [2.45, 2.75) is 6.61 Å². The first-order valence-corrected chi connectivity index (χ1v) is 4.47. The van der Waals surface area contributed by atoms with Crippen LogP contribution in [0.25, 0.3) is 0 Å². The van der Waals surface area contributed by atoms with E-state index >= 15 is 0 Å². The second-order valence-corrected chi connectivity index (χ2v) is 2.89. The summed E-state index contributed by atoms with van der Waals surface area (Å²) in [6, 6.07) is 4.79. The first kappa shape index (κ1) is 10.2. The largest absolute Gasteiger partial charge is 0.475 e. The molecule has 0 fully saturated rings. The molecule has 6 nitrogen and oxygen atoms in total. The van der Waals surface area contributed by atoms with E-state index in [1.54, 1.807) is 18.5 Å². The molecule has 2 heterocycles. The van der Waals surface area contributed by atoms with Gasteiger partial charge in [0.1, 0.15) is 12.4 Å². The van der Waals surface area contributed by atoms with Gasteiger partial charge < -0.3 is 14.3 Å². The highest BCUT2D eigenvalue weighted by Gasteiger charge is 2.09. The molecule has 0 aliphatic carbocycles. The number of aromatic carboxylic acids is 1. The Hall–Kier alpha value is -2.37. The molecule has 0 aliphatic heterocycles. The molecule has 16 heavy (non-hydrogen) atoms. The third kappa shape index (κ3) is 2.35. The number of carboxylic acids is 1. The molecule has 0 spiro atoms. The van der Waals surface area contributed by atoms with Gasteiger partial charge in [0.25, 0.3) is 0 Å². The zero-order valence-corrected chi connectivity index (χ0v) is 8.16. The first-order chi connectivity index (χ1) is 7.75. The lowest BCUT2D eigenvalue weighted by molar-refractivity contribution is 0.0658. The fourth-order valence-corrected chi connectivity index (χ4v) is 1.07. The van der Waals surface area contributed by atoms with Crippen LogP contribution in [0.15, 0.2) is 35.0 Å². The van der Waals surface area contributed by atoms with E-state index in [1.165, 1.54) is 12.1 Å². The van der Waals surface area contributed by atoms with Gasteiger partial charge in [0.15, 0.2) is 0 Å². The molecule has 0 aliphatic rings. The van der Waals surface area contributed by atoms with E-state index in [9.17, 15) is 4.79 Å². The standard InChI is InChI=1S/C10H8N2O4/c13-9(14)8-3-2-7(16-8)6-15-10-11-4-1-5-12-10/h1-5H,6H2,(H,13,14). The normalized spacial score (nSPS) is 10.0. The van der Waals surface area contributed by atoms with Crippen LogP contribution in [0.5, 0.6) is 6.01 Å². The van der Waals surface area contributed by atoms with Crippen molar-refractivity contribution in [3.63, 3.8) is 0 Å². The number of carbonyl (C=O) groups is 1. The third-order valence-corrected chi connectivity index (χ3v) is 1.76. The van der Waals surface area contributed by atoms with Crippen LogP contribution in [-0.2, 0) is 6.61 Å². The van der Waals surface area contributed by atoms with Gasteiger partial charge in [0, 0.05) is 12.4 Å². The van der Waals surface area contributed by atoms with E-state index in [-0.39, 0.29) is 18.4 Å². The van der Waals surface area contributed by atoms with E-state index in [0.717, 1.165) is 0 Å². The Kier molecular flexibility index (Phi) is 2.81. The van der Waals surface area contributed by atoms with Crippen LogP contribution in [-0.4, -0.2) is 21.0 Å². The van der Waals surface area contributed by atoms with E-state index < -0.39 is 5.97 Å². The molecule has 6 heteroatoms. The highest BCUT2D eigenvalue weighted by molar-refractivity contribution is 5.84. The number of hydrogen-bond donors (Lipinski definition) is 1. The molecule has 2 rings (SSSR count). The number of carboxylic acid groups (broad SMARTS) is 1. The average Bonchev–Trinajstić information content (AvgIpc) is 2.76. The van der Waals surface area contributed by atoms with Crippen LogP contribution in [0.2, 0.25) is 0 Å². The second kappa shape index (κ2) is 4.43. The smallest absolute Gasteiger partial charge is 0.371 e. The predicted octanol–water partition coefficient (Wildman–Crippen LogP) is 1.35. The number of aromatic nitrogens is 2. The first-order valence-electron chi connectivity index (χ1n) is 4.47. The SMILES string of the molecule is O=C(O)c1ccc(COc2ncccn2)o1.